The first-order valence-corrected chi connectivity index (χ1v) is 10.6. The third kappa shape index (κ3) is 4.84. The van der Waals surface area contributed by atoms with E-state index in [1.807, 2.05) is 30.3 Å². The van der Waals surface area contributed by atoms with Crippen molar-refractivity contribution in [1.82, 2.24) is 0 Å². The Morgan fingerprint density at radius 2 is 1.68 bits per heavy atom. The fourth-order valence-corrected chi connectivity index (χ4v) is 4.92. The van der Waals surface area contributed by atoms with Crippen LogP contribution in [0.15, 0.2) is 42.5 Å². The lowest BCUT2D eigenvalue weighted by Crippen LogP contribution is -2.48. The zero-order valence-electron chi connectivity index (χ0n) is 13.7. The van der Waals surface area contributed by atoms with Crippen LogP contribution < -0.4 is 5.19 Å². The molecule has 1 atom stereocenters. The van der Waals surface area contributed by atoms with Gasteiger partial charge in [-0.15, -0.1) is 0 Å². The average Bonchev–Trinajstić information content (AvgIpc) is 2.48. The number of esters is 2. The number of ether oxygens (including phenoxy) is 2. The summed E-state index contributed by atoms with van der Waals surface area (Å²) in [5.41, 5.74) is -0.431. The van der Waals surface area contributed by atoms with E-state index in [1.165, 1.54) is 6.08 Å². The second kappa shape index (κ2) is 8.53. The van der Waals surface area contributed by atoms with E-state index in [0.717, 1.165) is 5.19 Å². The molecule has 120 valence electrons. The number of hydrogen-bond donors (Lipinski definition) is 0. The van der Waals surface area contributed by atoms with E-state index in [4.69, 9.17) is 9.47 Å². The molecule has 0 heterocycles. The number of carbonyl (C=O) groups is 2. The van der Waals surface area contributed by atoms with Crippen molar-refractivity contribution < 1.29 is 19.1 Å². The van der Waals surface area contributed by atoms with Gasteiger partial charge in [-0.05, 0) is 13.8 Å². The molecule has 0 aliphatic rings. The topological polar surface area (TPSA) is 52.6 Å². The van der Waals surface area contributed by atoms with E-state index in [1.54, 1.807) is 19.9 Å². The predicted molar refractivity (Wildman–Crippen MR) is 89.7 cm³/mol. The molecular formula is C17H24O4Si. The van der Waals surface area contributed by atoms with Gasteiger partial charge in [-0.2, -0.15) is 0 Å². The van der Waals surface area contributed by atoms with Crippen LogP contribution >= 0.6 is 0 Å². The molecule has 5 heteroatoms. The van der Waals surface area contributed by atoms with E-state index in [9.17, 15) is 9.59 Å². The summed E-state index contributed by atoms with van der Waals surface area (Å²) in [5, 5.41) is 1.14. The first kappa shape index (κ1) is 18.2. The van der Waals surface area contributed by atoms with Crippen LogP contribution in [0.2, 0.25) is 18.6 Å². The minimum absolute atomic E-state index is 0.288. The van der Waals surface area contributed by atoms with Crippen LogP contribution in [-0.4, -0.2) is 33.2 Å². The Bertz CT molecular complexity index is 523. The van der Waals surface area contributed by atoms with Gasteiger partial charge >= 0.3 is 11.9 Å². The van der Waals surface area contributed by atoms with Gasteiger partial charge < -0.3 is 9.47 Å². The van der Waals surface area contributed by atoms with E-state index in [-0.39, 0.29) is 5.97 Å². The third-order valence-electron chi connectivity index (χ3n) is 3.55. The largest absolute Gasteiger partial charge is 0.466 e. The van der Waals surface area contributed by atoms with Gasteiger partial charge in [0.2, 0.25) is 0 Å². The molecule has 0 amide bonds. The monoisotopic (exact) mass is 320 g/mol. The summed E-state index contributed by atoms with van der Waals surface area (Å²) in [4.78, 5) is 23.9. The first-order chi connectivity index (χ1) is 10.4. The zero-order chi connectivity index (χ0) is 16.6. The summed E-state index contributed by atoms with van der Waals surface area (Å²) in [6.07, 6.45) is 2.97. The molecular weight excluding hydrogens is 296 g/mol. The number of hydrogen-bond acceptors (Lipinski definition) is 4. The van der Waals surface area contributed by atoms with Crippen molar-refractivity contribution in [2.45, 2.75) is 32.5 Å². The summed E-state index contributed by atoms with van der Waals surface area (Å²) in [7, 11) is -2.17. The summed E-state index contributed by atoms with van der Waals surface area (Å²) in [6, 6.07) is 9.91. The lowest BCUT2D eigenvalue weighted by Gasteiger charge is -2.29. The Morgan fingerprint density at radius 3 is 2.23 bits per heavy atom. The summed E-state index contributed by atoms with van der Waals surface area (Å²) >= 11 is 0. The molecule has 1 aromatic rings. The van der Waals surface area contributed by atoms with Gasteiger partial charge in [0, 0.05) is 6.08 Å². The summed E-state index contributed by atoms with van der Waals surface area (Å²) < 4.78 is 10.1. The van der Waals surface area contributed by atoms with Crippen LogP contribution in [0.4, 0.5) is 0 Å². The van der Waals surface area contributed by atoms with Gasteiger partial charge in [0.15, 0.2) is 0 Å². The lowest BCUT2D eigenvalue weighted by molar-refractivity contribution is -0.142. The van der Waals surface area contributed by atoms with Gasteiger partial charge in [-0.25, -0.2) is 4.79 Å². The Balaban J connectivity index is 3.09. The molecule has 4 nitrogen and oxygen atoms in total. The van der Waals surface area contributed by atoms with Crippen LogP contribution in [0, 0.1) is 0 Å². The standard InChI is InChI=1S/C17H24O4Si/c1-5-20-16(18)13-12-15(17(19)21-6-2)22(3,4)14-10-8-7-9-11-14/h7-13,15H,5-6H2,1-4H3/b13-12+. The van der Waals surface area contributed by atoms with Gasteiger partial charge in [-0.3, -0.25) is 4.79 Å². The molecule has 0 saturated carbocycles. The molecule has 0 fully saturated rings. The highest BCUT2D eigenvalue weighted by atomic mass is 28.3. The van der Waals surface area contributed by atoms with Crippen molar-refractivity contribution in [3.63, 3.8) is 0 Å². The summed E-state index contributed by atoms with van der Waals surface area (Å²) in [5.74, 6) is -0.724. The molecule has 0 bridgehead atoms. The zero-order valence-corrected chi connectivity index (χ0v) is 14.7. The number of carbonyl (C=O) groups excluding carboxylic acids is 2. The molecule has 0 N–H and O–H groups in total. The van der Waals surface area contributed by atoms with Crippen molar-refractivity contribution >= 4 is 25.2 Å². The Labute approximate surface area is 133 Å². The fraction of sp³-hybridized carbons (Fsp3) is 0.412. The second-order valence-corrected chi connectivity index (χ2v) is 10.1. The van der Waals surface area contributed by atoms with Gasteiger partial charge in [0.25, 0.3) is 0 Å². The van der Waals surface area contributed by atoms with Crippen molar-refractivity contribution in [3.8, 4) is 0 Å². The van der Waals surface area contributed by atoms with Gasteiger partial charge in [0.05, 0.1) is 18.8 Å². The molecule has 0 aromatic heterocycles. The minimum atomic E-state index is -2.17. The minimum Gasteiger partial charge on any atom is -0.466 e. The van der Waals surface area contributed by atoms with Crippen molar-refractivity contribution in [2.24, 2.45) is 0 Å². The predicted octanol–water partition coefficient (Wildman–Crippen LogP) is 2.65. The van der Waals surface area contributed by atoms with Crippen LogP contribution in [0.1, 0.15) is 13.8 Å². The fourth-order valence-electron chi connectivity index (χ4n) is 2.26. The maximum absolute atomic E-state index is 12.3. The molecule has 1 unspecified atom stereocenters. The Morgan fingerprint density at radius 1 is 1.09 bits per heavy atom. The maximum Gasteiger partial charge on any atom is 0.330 e. The smallest absolute Gasteiger partial charge is 0.330 e. The molecule has 0 aliphatic carbocycles. The van der Waals surface area contributed by atoms with E-state index >= 15 is 0 Å². The van der Waals surface area contributed by atoms with Crippen LogP contribution in [-0.2, 0) is 19.1 Å². The Hall–Kier alpha value is -1.88. The van der Waals surface area contributed by atoms with Crippen LogP contribution in [0.25, 0.3) is 0 Å². The SMILES string of the molecule is CCOC(=O)/C=C/C(C(=O)OCC)[Si](C)(C)c1ccccc1. The molecule has 1 rings (SSSR count). The average molecular weight is 320 g/mol. The first-order valence-electron chi connectivity index (χ1n) is 7.50. The highest BCUT2D eigenvalue weighted by Crippen LogP contribution is 2.25. The summed E-state index contributed by atoms with van der Waals surface area (Å²) in [6.45, 7) is 8.35. The van der Waals surface area contributed by atoms with Crippen molar-refractivity contribution in [3.05, 3.63) is 42.5 Å². The highest BCUT2D eigenvalue weighted by molar-refractivity contribution is 6.93. The molecule has 0 radical (unpaired) electrons. The number of rotatable bonds is 7. The third-order valence-corrected chi connectivity index (χ3v) is 7.35. The van der Waals surface area contributed by atoms with E-state index in [2.05, 4.69) is 13.1 Å². The van der Waals surface area contributed by atoms with Crippen LogP contribution in [0.3, 0.4) is 0 Å². The van der Waals surface area contributed by atoms with Crippen molar-refractivity contribution in [2.75, 3.05) is 13.2 Å². The lowest BCUT2D eigenvalue weighted by atomic mass is 10.3. The van der Waals surface area contributed by atoms with Gasteiger partial charge in [0.1, 0.15) is 8.07 Å². The van der Waals surface area contributed by atoms with E-state index < -0.39 is 19.6 Å². The molecule has 0 aliphatic heterocycles. The normalized spacial score (nSPS) is 12.9. The molecule has 1 aromatic carbocycles. The molecule has 0 spiro atoms. The molecule has 22 heavy (non-hydrogen) atoms. The second-order valence-electron chi connectivity index (χ2n) is 5.43. The van der Waals surface area contributed by atoms with Gasteiger partial charge in [-0.1, -0.05) is 54.7 Å². The quantitative estimate of drug-likeness (QED) is 0.440. The molecule has 0 saturated heterocycles. The maximum atomic E-state index is 12.3. The van der Waals surface area contributed by atoms with E-state index in [0.29, 0.717) is 13.2 Å². The van der Waals surface area contributed by atoms with Crippen molar-refractivity contribution in [1.29, 1.82) is 0 Å². The van der Waals surface area contributed by atoms with Crippen LogP contribution in [0.5, 0.6) is 0 Å². The number of benzene rings is 1. The highest BCUT2D eigenvalue weighted by Gasteiger charge is 2.38. The Kier molecular flexibility index (Phi) is 7.05.